The van der Waals surface area contributed by atoms with Crippen molar-refractivity contribution in [1.82, 2.24) is 29.1 Å². The minimum absolute atomic E-state index is 0.104. The number of nitrogens with zero attached hydrogens (tertiary/aromatic N) is 6. The van der Waals surface area contributed by atoms with Gasteiger partial charge in [-0.2, -0.15) is 5.10 Å². The van der Waals surface area contributed by atoms with E-state index in [2.05, 4.69) is 33.7 Å². The standard InChI is InChI=1S/C31H34N6O3/c1-3-16-36-19-13-30(36,2)29(39)34-17-14-31(40,15-18-34)21-35-22-32-27-26(28(35)38)20-33-37(27)25-11-9-24(10-12-25)23-7-5-4-6-8-23/h3-12,20,22,40H,1,13-19,21H2,2H3/t30-/m1/s1. The summed E-state index contributed by atoms with van der Waals surface area (Å²) in [5.41, 5.74) is 1.65. The first-order valence-corrected chi connectivity index (χ1v) is 13.8. The van der Waals surface area contributed by atoms with Crippen LogP contribution in [0.1, 0.15) is 26.2 Å². The normalized spacial score (nSPS) is 20.8. The molecule has 2 aliphatic heterocycles. The number of aliphatic hydroxyl groups is 1. The highest BCUT2D eigenvalue weighted by Crippen LogP contribution is 2.34. The molecule has 2 saturated heterocycles. The number of amides is 1. The number of hydrogen-bond acceptors (Lipinski definition) is 6. The van der Waals surface area contributed by atoms with Crippen LogP contribution in [0.15, 0.2) is 84.6 Å². The topological polar surface area (TPSA) is 96.5 Å². The third-order valence-electron chi connectivity index (χ3n) is 8.60. The van der Waals surface area contributed by atoms with Crippen molar-refractivity contribution < 1.29 is 9.90 Å². The molecule has 1 atom stereocenters. The molecule has 4 aromatic rings. The number of benzene rings is 2. The van der Waals surface area contributed by atoms with Crippen LogP contribution in [-0.4, -0.2) is 77.5 Å². The number of carbonyl (C=O) groups excluding carboxylic acids is 1. The predicted molar refractivity (Wildman–Crippen MR) is 154 cm³/mol. The highest BCUT2D eigenvalue weighted by Gasteiger charge is 2.49. The Morgan fingerprint density at radius 2 is 1.73 bits per heavy atom. The van der Waals surface area contributed by atoms with Crippen LogP contribution in [0.4, 0.5) is 0 Å². The van der Waals surface area contributed by atoms with Crippen LogP contribution in [0.3, 0.4) is 0 Å². The Labute approximate surface area is 233 Å². The van der Waals surface area contributed by atoms with Crippen LogP contribution in [0.2, 0.25) is 0 Å². The second-order valence-corrected chi connectivity index (χ2v) is 11.2. The zero-order valence-electron chi connectivity index (χ0n) is 22.7. The number of fused-ring (bicyclic) bond motifs is 1. The summed E-state index contributed by atoms with van der Waals surface area (Å²) >= 11 is 0. The summed E-state index contributed by atoms with van der Waals surface area (Å²) in [5.74, 6) is 0.104. The molecule has 1 amide bonds. The van der Waals surface area contributed by atoms with Gasteiger partial charge in [-0.05, 0) is 49.4 Å². The molecule has 0 aliphatic carbocycles. The van der Waals surface area contributed by atoms with E-state index in [0.717, 1.165) is 29.8 Å². The predicted octanol–water partition coefficient (Wildman–Crippen LogP) is 3.25. The number of piperidine rings is 1. The molecular formula is C31H34N6O3. The van der Waals surface area contributed by atoms with Crippen LogP contribution in [0, 0.1) is 0 Å². The molecule has 1 N–H and O–H groups in total. The Kier molecular flexibility index (Phi) is 6.64. The van der Waals surface area contributed by atoms with Crippen molar-refractivity contribution in [1.29, 1.82) is 0 Å². The minimum Gasteiger partial charge on any atom is -0.388 e. The Hall–Kier alpha value is -4.08. The smallest absolute Gasteiger partial charge is 0.264 e. The Morgan fingerprint density at radius 1 is 1.02 bits per heavy atom. The van der Waals surface area contributed by atoms with E-state index < -0.39 is 11.1 Å². The third-order valence-corrected chi connectivity index (χ3v) is 8.60. The fourth-order valence-electron chi connectivity index (χ4n) is 5.91. The fraction of sp³-hybridized carbons (Fsp3) is 0.355. The number of likely N-dealkylation sites (tertiary alicyclic amines) is 2. The van der Waals surface area contributed by atoms with E-state index in [1.54, 1.807) is 4.68 Å². The summed E-state index contributed by atoms with van der Waals surface area (Å²) in [6.45, 7) is 8.39. The number of carbonyl (C=O) groups is 1. The molecule has 9 nitrogen and oxygen atoms in total. The quantitative estimate of drug-likeness (QED) is 0.363. The van der Waals surface area contributed by atoms with Crippen LogP contribution < -0.4 is 5.56 Å². The van der Waals surface area contributed by atoms with Crippen molar-refractivity contribution >= 4 is 16.9 Å². The van der Waals surface area contributed by atoms with Crippen LogP contribution in [-0.2, 0) is 11.3 Å². The van der Waals surface area contributed by atoms with Gasteiger partial charge in [0.25, 0.3) is 5.56 Å². The van der Waals surface area contributed by atoms with Gasteiger partial charge >= 0.3 is 0 Å². The summed E-state index contributed by atoms with van der Waals surface area (Å²) in [4.78, 5) is 35.2. The van der Waals surface area contributed by atoms with Crippen molar-refractivity contribution in [2.75, 3.05) is 26.2 Å². The molecule has 2 aromatic heterocycles. The minimum atomic E-state index is -1.10. The van der Waals surface area contributed by atoms with E-state index in [1.807, 2.05) is 60.4 Å². The lowest BCUT2D eigenvalue weighted by Crippen LogP contribution is -2.67. The zero-order chi connectivity index (χ0) is 27.9. The van der Waals surface area contributed by atoms with Crippen LogP contribution in [0.25, 0.3) is 27.8 Å². The van der Waals surface area contributed by atoms with Gasteiger partial charge in [0.15, 0.2) is 5.65 Å². The molecule has 6 rings (SSSR count). The number of rotatable bonds is 7. The van der Waals surface area contributed by atoms with Gasteiger partial charge in [-0.25, -0.2) is 9.67 Å². The largest absolute Gasteiger partial charge is 0.388 e. The van der Waals surface area contributed by atoms with Crippen molar-refractivity contribution in [2.24, 2.45) is 0 Å². The lowest BCUT2D eigenvalue weighted by molar-refractivity contribution is -0.156. The van der Waals surface area contributed by atoms with Crippen molar-refractivity contribution in [3.63, 3.8) is 0 Å². The summed E-state index contributed by atoms with van der Waals surface area (Å²) in [6.07, 6.45) is 6.46. The average Bonchev–Trinajstić information content (AvgIpc) is 3.42. The van der Waals surface area contributed by atoms with Gasteiger partial charge in [-0.3, -0.25) is 19.1 Å². The molecule has 2 fully saturated rings. The molecule has 0 saturated carbocycles. The Balaban J connectivity index is 1.16. The van der Waals surface area contributed by atoms with E-state index in [1.165, 1.54) is 17.1 Å². The first kappa shape index (κ1) is 26.2. The Bertz CT molecular complexity index is 1600. The van der Waals surface area contributed by atoms with Crippen LogP contribution in [0.5, 0.6) is 0 Å². The molecule has 9 heteroatoms. The van der Waals surface area contributed by atoms with E-state index >= 15 is 0 Å². The summed E-state index contributed by atoms with van der Waals surface area (Å²) in [5, 5.41) is 16.2. The van der Waals surface area contributed by atoms with Crippen LogP contribution >= 0.6 is 0 Å². The number of hydrogen-bond donors (Lipinski definition) is 1. The molecule has 2 aliphatic rings. The molecule has 4 heterocycles. The van der Waals surface area contributed by atoms with E-state index in [4.69, 9.17) is 0 Å². The molecule has 40 heavy (non-hydrogen) atoms. The van der Waals surface area contributed by atoms with E-state index in [9.17, 15) is 14.7 Å². The van der Waals surface area contributed by atoms with Crippen molar-refractivity contribution in [3.05, 3.63) is 90.1 Å². The van der Waals surface area contributed by atoms with Gasteiger partial charge in [0, 0.05) is 26.2 Å². The molecule has 206 valence electrons. The fourth-order valence-corrected chi connectivity index (χ4v) is 5.91. The molecule has 0 spiro atoms. The first-order chi connectivity index (χ1) is 19.3. The Morgan fingerprint density at radius 3 is 2.38 bits per heavy atom. The molecule has 0 radical (unpaired) electrons. The second-order valence-electron chi connectivity index (χ2n) is 11.2. The molecule has 2 aromatic carbocycles. The average molecular weight is 539 g/mol. The molecule has 0 unspecified atom stereocenters. The van der Waals surface area contributed by atoms with Gasteiger partial charge in [0.1, 0.15) is 11.7 Å². The van der Waals surface area contributed by atoms with Gasteiger partial charge in [-0.15, -0.1) is 6.58 Å². The van der Waals surface area contributed by atoms with Gasteiger partial charge in [0.05, 0.1) is 29.6 Å². The maximum absolute atomic E-state index is 13.4. The molecular weight excluding hydrogens is 504 g/mol. The first-order valence-electron chi connectivity index (χ1n) is 13.8. The van der Waals surface area contributed by atoms with Gasteiger partial charge in [-0.1, -0.05) is 48.5 Å². The monoisotopic (exact) mass is 538 g/mol. The maximum atomic E-state index is 13.4. The van der Waals surface area contributed by atoms with Crippen molar-refractivity contribution in [2.45, 2.75) is 43.9 Å². The third kappa shape index (κ3) is 4.55. The highest BCUT2D eigenvalue weighted by atomic mass is 16.3. The van der Waals surface area contributed by atoms with Gasteiger partial charge in [0.2, 0.25) is 5.91 Å². The highest BCUT2D eigenvalue weighted by molar-refractivity contribution is 5.87. The summed E-state index contributed by atoms with van der Waals surface area (Å²) in [6, 6.07) is 18.1. The lowest BCUT2D eigenvalue weighted by Gasteiger charge is -2.52. The SMILES string of the molecule is C=CCN1CC[C@]1(C)C(=O)N1CCC(O)(Cn2cnc3c(cnn3-c3ccc(-c4ccccc4)cc3)c2=O)CC1. The molecule has 0 bridgehead atoms. The lowest BCUT2D eigenvalue weighted by atomic mass is 9.83. The summed E-state index contributed by atoms with van der Waals surface area (Å²) in [7, 11) is 0. The zero-order valence-corrected chi connectivity index (χ0v) is 22.7. The second kappa shape index (κ2) is 10.1. The van der Waals surface area contributed by atoms with E-state index in [-0.39, 0.29) is 18.0 Å². The van der Waals surface area contributed by atoms with Crippen molar-refractivity contribution in [3.8, 4) is 16.8 Å². The van der Waals surface area contributed by atoms with E-state index in [0.29, 0.717) is 43.5 Å². The maximum Gasteiger partial charge on any atom is 0.264 e. The number of aromatic nitrogens is 4. The summed E-state index contributed by atoms with van der Waals surface area (Å²) < 4.78 is 3.12. The van der Waals surface area contributed by atoms with Gasteiger partial charge < -0.3 is 10.0 Å².